The highest BCUT2D eigenvalue weighted by atomic mass is 16.6. The van der Waals surface area contributed by atoms with Gasteiger partial charge in [0.1, 0.15) is 23.4 Å². The van der Waals surface area contributed by atoms with E-state index in [9.17, 15) is 24.3 Å². The van der Waals surface area contributed by atoms with Gasteiger partial charge in [-0.25, -0.2) is 4.79 Å². The molecule has 1 aromatic rings. The fourth-order valence-corrected chi connectivity index (χ4v) is 5.55. The molecule has 3 rings (SSSR count). The Hall–Kier alpha value is -3.18. The van der Waals surface area contributed by atoms with Gasteiger partial charge in [-0.05, 0) is 76.5 Å². The second-order valence-corrected chi connectivity index (χ2v) is 11.9. The largest absolute Gasteiger partial charge is 0.508 e. The molecule has 1 aliphatic carbocycles. The first-order chi connectivity index (χ1) is 19.4. The van der Waals surface area contributed by atoms with Crippen LogP contribution in [0.3, 0.4) is 0 Å². The van der Waals surface area contributed by atoms with Crippen LogP contribution < -0.4 is 5.32 Å². The molecule has 1 saturated carbocycles. The molecule has 11 nitrogen and oxygen atoms in total. The van der Waals surface area contributed by atoms with Gasteiger partial charge in [0.05, 0.1) is 25.6 Å². The van der Waals surface area contributed by atoms with Crippen molar-refractivity contribution in [1.29, 1.82) is 0 Å². The van der Waals surface area contributed by atoms with Gasteiger partial charge in [0.15, 0.2) is 0 Å². The smallest absolute Gasteiger partial charge is 0.328 e. The van der Waals surface area contributed by atoms with Crippen LogP contribution in [0.2, 0.25) is 0 Å². The van der Waals surface area contributed by atoms with Gasteiger partial charge in [-0.15, -0.1) is 0 Å². The number of ether oxygens (including phenoxy) is 3. The van der Waals surface area contributed by atoms with Crippen molar-refractivity contribution in [2.24, 2.45) is 11.8 Å². The van der Waals surface area contributed by atoms with Gasteiger partial charge in [-0.2, -0.15) is 0 Å². The van der Waals surface area contributed by atoms with Crippen LogP contribution >= 0.6 is 0 Å². The summed E-state index contributed by atoms with van der Waals surface area (Å²) >= 11 is 0. The highest BCUT2D eigenvalue weighted by Gasteiger charge is 2.45. The second-order valence-electron chi connectivity index (χ2n) is 11.9. The molecule has 228 valence electrons. The fourth-order valence-electron chi connectivity index (χ4n) is 5.55. The quantitative estimate of drug-likeness (QED) is 0.266. The molecule has 41 heavy (non-hydrogen) atoms. The number of aliphatic hydroxyl groups is 1. The van der Waals surface area contributed by atoms with Crippen molar-refractivity contribution in [2.45, 2.75) is 89.5 Å². The van der Waals surface area contributed by atoms with E-state index in [2.05, 4.69) is 5.32 Å². The summed E-state index contributed by atoms with van der Waals surface area (Å²) in [6, 6.07) is 4.56. The Morgan fingerprint density at radius 1 is 1.10 bits per heavy atom. The zero-order valence-electron chi connectivity index (χ0n) is 24.5. The SMILES string of the molecule is COC(=O)C1CC(OCCCO)CN1C(=O)C(NC(=O)Cc1cccc(O)c1)C1CCC(C(=O)OC(C)(C)C)CC1. The lowest BCUT2D eigenvalue weighted by atomic mass is 9.78. The molecule has 0 aromatic heterocycles. The number of nitrogens with one attached hydrogen (secondary N) is 1. The molecule has 1 aliphatic heterocycles. The lowest BCUT2D eigenvalue weighted by Crippen LogP contribution is -2.55. The van der Waals surface area contributed by atoms with E-state index in [1.165, 1.54) is 24.1 Å². The molecule has 3 atom stereocenters. The number of benzene rings is 1. The molecule has 1 saturated heterocycles. The van der Waals surface area contributed by atoms with Crippen molar-refractivity contribution in [1.82, 2.24) is 10.2 Å². The number of likely N-dealkylation sites (tertiary alicyclic amines) is 1. The van der Waals surface area contributed by atoms with Crippen LogP contribution in [-0.2, 0) is 39.8 Å². The molecule has 3 N–H and O–H groups in total. The molecule has 0 radical (unpaired) electrons. The Labute approximate surface area is 241 Å². The van der Waals surface area contributed by atoms with E-state index in [1.54, 1.807) is 12.1 Å². The maximum atomic E-state index is 14.1. The maximum Gasteiger partial charge on any atom is 0.328 e. The first-order valence-corrected chi connectivity index (χ1v) is 14.3. The summed E-state index contributed by atoms with van der Waals surface area (Å²) in [5, 5.41) is 21.8. The summed E-state index contributed by atoms with van der Waals surface area (Å²) < 4.78 is 16.3. The van der Waals surface area contributed by atoms with Crippen molar-refractivity contribution >= 4 is 23.8 Å². The Bertz CT molecular complexity index is 1060. The van der Waals surface area contributed by atoms with Gasteiger partial charge in [0.25, 0.3) is 0 Å². The Morgan fingerprint density at radius 2 is 1.80 bits per heavy atom. The minimum absolute atomic E-state index is 0.0327. The summed E-state index contributed by atoms with van der Waals surface area (Å²) in [4.78, 5) is 54.0. The monoisotopic (exact) mass is 576 g/mol. The van der Waals surface area contributed by atoms with Crippen molar-refractivity contribution in [2.75, 3.05) is 26.9 Å². The molecule has 0 bridgehead atoms. The third-order valence-corrected chi connectivity index (χ3v) is 7.52. The number of carbonyl (C=O) groups excluding carboxylic acids is 4. The number of hydrogen-bond acceptors (Lipinski definition) is 9. The average molecular weight is 577 g/mol. The number of rotatable bonds is 11. The molecule has 0 spiro atoms. The summed E-state index contributed by atoms with van der Waals surface area (Å²) in [5.41, 5.74) is -0.00550. The van der Waals surface area contributed by atoms with Crippen LogP contribution in [0.15, 0.2) is 24.3 Å². The summed E-state index contributed by atoms with van der Waals surface area (Å²) in [6.07, 6.45) is 2.28. The number of nitrogens with zero attached hydrogens (tertiary/aromatic N) is 1. The van der Waals surface area contributed by atoms with E-state index in [1.807, 2.05) is 20.8 Å². The summed E-state index contributed by atoms with van der Waals surface area (Å²) in [6.45, 7) is 5.87. The number of carbonyl (C=O) groups is 4. The van der Waals surface area contributed by atoms with E-state index in [-0.39, 0.29) is 56.2 Å². The maximum absolute atomic E-state index is 14.1. The lowest BCUT2D eigenvalue weighted by Gasteiger charge is -2.36. The zero-order chi connectivity index (χ0) is 30.2. The zero-order valence-corrected chi connectivity index (χ0v) is 24.5. The van der Waals surface area contributed by atoms with E-state index in [0.717, 1.165) is 0 Å². The van der Waals surface area contributed by atoms with Crippen LogP contribution in [0, 0.1) is 11.8 Å². The van der Waals surface area contributed by atoms with E-state index >= 15 is 0 Å². The summed E-state index contributed by atoms with van der Waals surface area (Å²) in [7, 11) is 1.26. The number of phenols is 1. The third kappa shape index (κ3) is 9.43. The topological polar surface area (TPSA) is 152 Å². The van der Waals surface area contributed by atoms with E-state index in [4.69, 9.17) is 19.3 Å². The van der Waals surface area contributed by atoms with E-state index < -0.39 is 41.6 Å². The molecule has 1 heterocycles. The summed E-state index contributed by atoms with van der Waals surface area (Å²) in [5.74, 6) is -2.14. The number of aromatic hydroxyl groups is 1. The van der Waals surface area contributed by atoms with Crippen molar-refractivity contribution in [3.05, 3.63) is 29.8 Å². The van der Waals surface area contributed by atoms with Crippen LogP contribution in [0.5, 0.6) is 5.75 Å². The van der Waals surface area contributed by atoms with Crippen LogP contribution in [0.4, 0.5) is 0 Å². The first kappa shape index (κ1) is 32.3. The fraction of sp³-hybridized carbons (Fsp3) is 0.667. The third-order valence-electron chi connectivity index (χ3n) is 7.52. The van der Waals surface area contributed by atoms with Gasteiger partial charge in [-0.3, -0.25) is 14.4 Å². The van der Waals surface area contributed by atoms with Crippen molar-refractivity contribution < 1.29 is 43.6 Å². The van der Waals surface area contributed by atoms with Crippen molar-refractivity contribution in [3.8, 4) is 5.75 Å². The van der Waals surface area contributed by atoms with Crippen LogP contribution in [0.25, 0.3) is 0 Å². The number of aliphatic hydroxyl groups excluding tert-OH is 1. The number of hydrogen-bond donors (Lipinski definition) is 3. The van der Waals surface area contributed by atoms with E-state index in [0.29, 0.717) is 37.7 Å². The lowest BCUT2D eigenvalue weighted by molar-refractivity contribution is -0.161. The van der Waals surface area contributed by atoms with Crippen molar-refractivity contribution in [3.63, 3.8) is 0 Å². The van der Waals surface area contributed by atoms with Gasteiger partial charge in [0, 0.05) is 26.2 Å². The molecule has 2 amide bonds. The van der Waals surface area contributed by atoms with Crippen LogP contribution in [-0.4, -0.2) is 89.5 Å². The Kier molecular flexibility index (Phi) is 11.5. The minimum atomic E-state index is -0.928. The first-order valence-electron chi connectivity index (χ1n) is 14.3. The highest BCUT2D eigenvalue weighted by Crippen LogP contribution is 2.34. The standard InChI is InChI=1S/C30H44N2O9/c1-30(2,3)41-28(37)21-11-9-20(10-12-21)26(31-25(35)16-19-7-5-8-22(34)15-19)27(36)32-18-23(40-14-6-13-33)17-24(32)29(38)39-4/h5,7-8,15,20-21,23-24,26,33-34H,6,9-14,16-18H2,1-4H3,(H,31,35). The molecule has 11 heteroatoms. The highest BCUT2D eigenvalue weighted by molar-refractivity contribution is 5.92. The predicted octanol–water partition coefficient (Wildman–Crippen LogP) is 2.11. The number of phenolic OH excluding ortho intramolecular Hbond substituents is 1. The van der Waals surface area contributed by atoms with Gasteiger partial charge in [-0.1, -0.05) is 12.1 Å². The van der Waals surface area contributed by atoms with Gasteiger partial charge in [0.2, 0.25) is 11.8 Å². The van der Waals surface area contributed by atoms with Gasteiger partial charge < -0.3 is 34.6 Å². The molecule has 3 unspecified atom stereocenters. The molecule has 2 fully saturated rings. The Balaban J connectivity index is 1.78. The molecule has 2 aliphatic rings. The molecular weight excluding hydrogens is 532 g/mol. The second kappa shape index (κ2) is 14.6. The number of methoxy groups -OCH3 is 1. The average Bonchev–Trinajstić information content (AvgIpc) is 3.34. The Morgan fingerprint density at radius 3 is 2.41 bits per heavy atom. The molecular formula is C30H44N2O9. The van der Waals surface area contributed by atoms with Gasteiger partial charge >= 0.3 is 11.9 Å². The predicted molar refractivity (Wildman–Crippen MR) is 149 cm³/mol. The number of amides is 2. The normalized spacial score (nSPS) is 23.5. The van der Waals surface area contributed by atoms with Crippen LogP contribution in [0.1, 0.15) is 64.9 Å². The minimum Gasteiger partial charge on any atom is -0.508 e. The number of esters is 2. The molecule has 1 aromatic carbocycles.